The normalized spacial score (nSPS) is 15.1. The molecule has 0 atom stereocenters. The Morgan fingerprint density at radius 1 is 1.04 bits per heavy atom. The summed E-state index contributed by atoms with van der Waals surface area (Å²) in [7, 11) is 6.06. The minimum atomic E-state index is -0.165. The van der Waals surface area contributed by atoms with Gasteiger partial charge in [-0.1, -0.05) is 0 Å². The molecule has 0 aromatic heterocycles. The fourth-order valence-corrected chi connectivity index (χ4v) is 3.19. The molecule has 0 radical (unpaired) electrons. The Morgan fingerprint density at radius 3 is 2.11 bits per heavy atom. The van der Waals surface area contributed by atoms with Gasteiger partial charge in [-0.05, 0) is 43.6 Å². The predicted octanol–water partition coefficient (Wildman–Crippen LogP) is 1.21. The van der Waals surface area contributed by atoms with Crippen LogP contribution in [0.3, 0.4) is 0 Å². The lowest BCUT2D eigenvalue weighted by Gasteiger charge is -2.29. The Bertz CT molecular complexity index is 631. The highest BCUT2D eigenvalue weighted by atomic mass is 16.5. The molecule has 150 valence electrons. The van der Waals surface area contributed by atoms with Gasteiger partial charge >= 0.3 is 5.97 Å². The maximum absolute atomic E-state index is 12.3. The molecule has 8 heteroatoms. The molecule has 0 saturated carbocycles. The first-order chi connectivity index (χ1) is 13.0. The van der Waals surface area contributed by atoms with Gasteiger partial charge in [0, 0.05) is 6.54 Å². The lowest BCUT2D eigenvalue weighted by atomic mass is 9.97. The summed E-state index contributed by atoms with van der Waals surface area (Å²) >= 11 is 0. The van der Waals surface area contributed by atoms with Gasteiger partial charge in [-0.3, -0.25) is 14.5 Å². The van der Waals surface area contributed by atoms with Gasteiger partial charge in [0.05, 0.1) is 40.9 Å². The van der Waals surface area contributed by atoms with E-state index in [-0.39, 0.29) is 17.8 Å². The third-order valence-electron chi connectivity index (χ3n) is 4.70. The van der Waals surface area contributed by atoms with Gasteiger partial charge in [-0.15, -0.1) is 0 Å². The topological polar surface area (TPSA) is 86.3 Å². The molecule has 1 amide bonds. The number of benzene rings is 1. The van der Waals surface area contributed by atoms with Crippen LogP contribution in [0, 0.1) is 5.92 Å². The highest BCUT2D eigenvalue weighted by Crippen LogP contribution is 2.38. The predicted molar refractivity (Wildman–Crippen MR) is 99.1 cm³/mol. The lowest BCUT2D eigenvalue weighted by Crippen LogP contribution is -2.42. The van der Waals surface area contributed by atoms with Gasteiger partial charge in [-0.2, -0.15) is 0 Å². The molecule has 1 aromatic carbocycles. The van der Waals surface area contributed by atoms with Crippen molar-refractivity contribution >= 4 is 11.9 Å². The van der Waals surface area contributed by atoms with Gasteiger partial charge < -0.3 is 24.3 Å². The highest BCUT2D eigenvalue weighted by Gasteiger charge is 2.26. The number of piperidine rings is 1. The number of methoxy groups -OCH3 is 4. The zero-order valence-electron chi connectivity index (χ0n) is 16.4. The van der Waals surface area contributed by atoms with E-state index in [1.807, 2.05) is 17.0 Å². The van der Waals surface area contributed by atoms with E-state index >= 15 is 0 Å². The number of nitrogens with zero attached hydrogens (tertiary/aromatic N) is 1. The minimum Gasteiger partial charge on any atom is -0.493 e. The Morgan fingerprint density at radius 2 is 1.63 bits per heavy atom. The van der Waals surface area contributed by atoms with Crippen molar-refractivity contribution in [3.63, 3.8) is 0 Å². The van der Waals surface area contributed by atoms with Crippen molar-refractivity contribution in [1.29, 1.82) is 0 Å². The van der Waals surface area contributed by atoms with Gasteiger partial charge in [0.1, 0.15) is 0 Å². The summed E-state index contributed by atoms with van der Waals surface area (Å²) in [5.74, 6) is 1.32. The number of carbonyl (C=O) groups is 2. The van der Waals surface area contributed by atoms with Crippen LogP contribution in [-0.2, 0) is 20.9 Å². The summed E-state index contributed by atoms with van der Waals surface area (Å²) in [5, 5.41) is 2.91. The van der Waals surface area contributed by atoms with E-state index in [0.717, 1.165) is 5.56 Å². The zero-order chi connectivity index (χ0) is 19.8. The molecule has 1 aliphatic heterocycles. The van der Waals surface area contributed by atoms with Gasteiger partial charge in [0.15, 0.2) is 11.5 Å². The van der Waals surface area contributed by atoms with Crippen LogP contribution in [0.5, 0.6) is 17.2 Å². The van der Waals surface area contributed by atoms with Gasteiger partial charge in [0.2, 0.25) is 11.7 Å². The SMILES string of the molecule is COC(=O)C1CCN(CC(=O)NCc2cc(OC)c(OC)c(OC)c2)CC1. The maximum Gasteiger partial charge on any atom is 0.308 e. The standard InChI is InChI=1S/C19H28N2O6/c1-24-15-9-13(10-16(25-2)18(15)26-3)11-20-17(22)12-21-7-5-14(6-8-21)19(23)27-4/h9-10,14H,5-8,11-12H2,1-4H3,(H,20,22). The van der Waals surface area contributed by atoms with E-state index in [2.05, 4.69) is 5.32 Å². The summed E-state index contributed by atoms with van der Waals surface area (Å²) in [6.45, 7) is 2.07. The molecule has 27 heavy (non-hydrogen) atoms. The molecule has 8 nitrogen and oxygen atoms in total. The van der Waals surface area contributed by atoms with E-state index < -0.39 is 0 Å². The van der Waals surface area contributed by atoms with E-state index in [0.29, 0.717) is 56.3 Å². The van der Waals surface area contributed by atoms with Crippen molar-refractivity contribution in [3.05, 3.63) is 17.7 Å². The van der Waals surface area contributed by atoms with E-state index in [4.69, 9.17) is 18.9 Å². The van der Waals surface area contributed by atoms with Crippen molar-refractivity contribution in [2.24, 2.45) is 5.92 Å². The van der Waals surface area contributed by atoms with Crippen LogP contribution >= 0.6 is 0 Å². The van der Waals surface area contributed by atoms with Crippen molar-refractivity contribution in [1.82, 2.24) is 10.2 Å². The summed E-state index contributed by atoms with van der Waals surface area (Å²) in [5.41, 5.74) is 0.849. The van der Waals surface area contributed by atoms with Crippen LogP contribution in [0.1, 0.15) is 18.4 Å². The fourth-order valence-electron chi connectivity index (χ4n) is 3.19. The smallest absolute Gasteiger partial charge is 0.308 e. The molecule has 0 bridgehead atoms. The molecule has 2 rings (SSSR count). The average molecular weight is 380 g/mol. The van der Waals surface area contributed by atoms with Crippen molar-refractivity contribution in [3.8, 4) is 17.2 Å². The second-order valence-electron chi connectivity index (χ2n) is 6.38. The van der Waals surface area contributed by atoms with Crippen LogP contribution in [0.2, 0.25) is 0 Å². The fraction of sp³-hybridized carbons (Fsp3) is 0.579. The molecule has 0 unspecified atom stereocenters. The molecule has 1 saturated heterocycles. The van der Waals surface area contributed by atoms with Crippen LogP contribution in [-0.4, -0.2) is 64.8 Å². The molecule has 1 heterocycles. The molecule has 1 aliphatic rings. The Kier molecular flexibility index (Phi) is 7.72. The van der Waals surface area contributed by atoms with Crippen LogP contribution in [0.15, 0.2) is 12.1 Å². The van der Waals surface area contributed by atoms with Crippen LogP contribution in [0.25, 0.3) is 0 Å². The summed E-state index contributed by atoms with van der Waals surface area (Å²) < 4.78 is 20.7. The Balaban J connectivity index is 1.86. The van der Waals surface area contributed by atoms with Gasteiger partial charge in [0.25, 0.3) is 0 Å². The van der Waals surface area contributed by atoms with Crippen molar-refractivity contribution in [2.75, 3.05) is 48.1 Å². The van der Waals surface area contributed by atoms with E-state index in [9.17, 15) is 9.59 Å². The van der Waals surface area contributed by atoms with E-state index in [1.165, 1.54) is 7.11 Å². The Hall–Kier alpha value is -2.48. The number of hydrogen-bond acceptors (Lipinski definition) is 7. The molecule has 1 fully saturated rings. The number of amides is 1. The molecule has 0 aliphatic carbocycles. The zero-order valence-corrected chi connectivity index (χ0v) is 16.4. The first-order valence-corrected chi connectivity index (χ1v) is 8.88. The van der Waals surface area contributed by atoms with E-state index in [1.54, 1.807) is 21.3 Å². The largest absolute Gasteiger partial charge is 0.493 e. The summed E-state index contributed by atoms with van der Waals surface area (Å²) in [6.07, 6.45) is 1.43. The monoisotopic (exact) mass is 380 g/mol. The average Bonchev–Trinajstić information content (AvgIpc) is 2.71. The molecular weight excluding hydrogens is 352 g/mol. The summed E-state index contributed by atoms with van der Waals surface area (Å²) in [4.78, 5) is 25.9. The quantitative estimate of drug-likeness (QED) is 0.679. The van der Waals surface area contributed by atoms with Crippen molar-refractivity contribution in [2.45, 2.75) is 19.4 Å². The molecule has 1 aromatic rings. The molecule has 1 N–H and O–H groups in total. The molecule has 0 spiro atoms. The molecular formula is C19H28N2O6. The highest BCUT2D eigenvalue weighted by molar-refractivity contribution is 5.78. The number of likely N-dealkylation sites (tertiary alicyclic amines) is 1. The number of esters is 1. The first kappa shape index (κ1) is 20.8. The number of nitrogens with one attached hydrogen (secondary N) is 1. The maximum atomic E-state index is 12.3. The number of rotatable bonds is 8. The number of hydrogen-bond donors (Lipinski definition) is 1. The number of carbonyl (C=O) groups excluding carboxylic acids is 2. The van der Waals surface area contributed by atoms with Crippen molar-refractivity contribution < 1.29 is 28.5 Å². The third-order valence-corrected chi connectivity index (χ3v) is 4.70. The lowest BCUT2D eigenvalue weighted by molar-refractivity contribution is -0.147. The Labute approximate surface area is 159 Å². The van der Waals surface area contributed by atoms with Crippen LogP contribution < -0.4 is 19.5 Å². The van der Waals surface area contributed by atoms with Crippen LogP contribution in [0.4, 0.5) is 0 Å². The minimum absolute atomic E-state index is 0.0615. The second-order valence-corrected chi connectivity index (χ2v) is 6.38. The first-order valence-electron chi connectivity index (χ1n) is 8.88. The number of ether oxygens (including phenoxy) is 4. The second kappa shape index (κ2) is 10.0. The summed E-state index contributed by atoms with van der Waals surface area (Å²) in [6, 6.07) is 3.62. The van der Waals surface area contributed by atoms with Gasteiger partial charge in [-0.25, -0.2) is 0 Å². The third kappa shape index (κ3) is 5.50.